The lowest BCUT2D eigenvalue weighted by atomic mass is 10.2. The fraction of sp³-hybridized carbons (Fsp3) is 0.588. The van der Waals surface area contributed by atoms with Gasteiger partial charge in [0, 0.05) is 44.6 Å². The van der Waals surface area contributed by atoms with E-state index in [0.717, 1.165) is 31.9 Å². The molecule has 5 heteroatoms. The van der Waals surface area contributed by atoms with E-state index in [-0.39, 0.29) is 5.91 Å². The molecule has 1 heterocycles. The molecule has 1 aromatic carbocycles. The summed E-state index contributed by atoms with van der Waals surface area (Å²) in [5, 5.41) is 3.12. The van der Waals surface area contributed by atoms with E-state index in [2.05, 4.69) is 34.5 Å². The molecule has 0 bridgehead atoms. The molecule has 1 aliphatic rings. The molecule has 0 saturated carbocycles. The Morgan fingerprint density at radius 3 is 2.09 bits per heavy atom. The molecule has 0 aromatic heterocycles. The van der Waals surface area contributed by atoms with Crippen molar-refractivity contribution in [2.75, 3.05) is 64.1 Å². The van der Waals surface area contributed by atoms with Crippen LogP contribution >= 0.6 is 0 Å². The summed E-state index contributed by atoms with van der Waals surface area (Å²) in [6.45, 7) is 7.91. The van der Waals surface area contributed by atoms with Crippen LogP contribution in [0.2, 0.25) is 0 Å². The van der Waals surface area contributed by atoms with Crippen molar-refractivity contribution >= 4 is 17.3 Å². The maximum Gasteiger partial charge on any atom is 0.236 e. The van der Waals surface area contributed by atoms with E-state index in [1.54, 1.807) is 0 Å². The fourth-order valence-corrected chi connectivity index (χ4v) is 2.42. The Morgan fingerprint density at radius 2 is 1.64 bits per heavy atom. The highest BCUT2D eigenvalue weighted by Crippen LogP contribution is 2.19. The molecule has 0 unspecified atom stereocenters. The van der Waals surface area contributed by atoms with Crippen molar-refractivity contribution in [1.29, 1.82) is 0 Å². The topological polar surface area (TPSA) is 38.8 Å². The average molecular weight is 306 g/mol. The molecule has 0 atom stereocenters. The Labute approximate surface area is 134 Å². The van der Waals surface area contributed by atoms with Crippen molar-refractivity contribution in [3.8, 4) is 0 Å². The van der Waals surface area contributed by atoms with Crippen molar-refractivity contribution in [2.45, 2.75) is 13.8 Å². The van der Waals surface area contributed by atoms with Crippen LogP contribution in [-0.2, 0) is 4.79 Å². The van der Waals surface area contributed by atoms with Crippen LogP contribution in [0.5, 0.6) is 0 Å². The van der Waals surface area contributed by atoms with E-state index in [4.69, 9.17) is 0 Å². The van der Waals surface area contributed by atoms with Crippen LogP contribution in [0.1, 0.15) is 13.8 Å². The molecule has 1 N–H and O–H groups in total. The maximum atomic E-state index is 12.0. The lowest BCUT2D eigenvalue weighted by Gasteiger charge is -2.36. The van der Waals surface area contributed by atoms with Crippen molar-refractivity contribution in [1.82, 2.24) is 9.80 Å². The summed E-state index contributed by atoms with van der Waals surface area (Å²) in [5.74, 6) is 0.222. The first-order chi connectivity index (χ1) is 10.6. The Bertz CT molecular complexity index is 436. The second-order valence-corrected chi connectivity index (χ2v) is 5.40. The fourth-order valence-electron chi connectivity index (χ4n) is 2.42. The predicted molar refractivity (Wildman–Crippen MR) is 94.7 cm³/mol. The van der Waals surface area contributed by atoms with Gasteiger partial charge in [-0.05, 0) is 38.4 Å². The first-order valence-electron chi connectivity index (χ1n) is 8.05. The highest BCUT2D eigenvalue weighted by Gasteiger charge is 2.21. The van der Waals surface area contributed by atoms with Crippen LogP contribution in [-0.4, -0.2) is 69.6 Å². The van der Waals surface area contributed by atoms with Gasteiger partial charge in [0.25, 0.3) is 0 Å². The van der Waals surface area contributed by atoms with E-state index < -0.39 is 0 Å². The number of likely N-dealkylation sites (N-methyl/N-ethyl adjacent to an activating group) is 1. The summed E-state index contributed by atoms with van der Waals surface area (Å²) in [6, 6.07) is 8.42. The molecule has 124 valence electrons. The highest BCUT2D eigenvalue weighted by molar-refractivity contribution is 5.78. The minimum absolute atomic E-state index is 0.222. The Morgan fingerprint density at radius 1 is 1.09 bits per heavy atom. The Kier molecular flexibility index (Phi) is 7.74. The number of nitrogens with zero attached hydrogens (tertiary/aromatic N) is 3. The first kappa shape index (κ1) is 18.3. The van der Waals surface area contributed by atoms with Gasteiger partial charge < -0.3 is 20.0 Å². The number of benzene rings is 1. The van der Waals surface area contributed by atoms with Gasteiger partial charge in [-0.2, -0.15) is 0 Å². The summed E-state index contributed by atoms with van der Waals surface area (Å²) in [4.78, 5) is 18.2. The van der Waals surface area contributed by atoms with Gasteiger partial charge in [-0.1, -0.05) is 13.8 Å². The third-order valence-corrected chi connectivity index (χ3v) is 3.60. The highest BCUT2D eigenvalue weighted by atomic mass is 16.2. The van der Waals surface area contributed by atoms with Gasteiger partial charge in [-0.3, -0.25) is 4.79 Å². The van der Waals surface area contributed by atoms with Gasteiger partial charge in [-0.25, -0.2) is 0 Å². The summed E-state index contributed by atoms with van der Waals surface area (Å²) in [5.41, 5.74) is 2.34. The molecule has 22 heavy (non-hydrogen) atoms. The van der Waals surface area contributed by atoms with Gasteiger partial charge >= 0.3 is 0 Å². The largest absolute Gasteiger partial charge is 0.388 e. The predicted octanol–water partition coefficient (Wildman–Crippen LogP) is 1.96. The molecule has 0 spiro atoms. The van der Waals surface area contributed by atoms with Crippen LogP contribution in [0, 0.1) is 0 Å². The Hall–Kier alpha value is -1.75. The number of carbonyl (C=O) groups is 1. The minimum Gasteiger partial charge on any atom is -0.388 e. The number of anilines is 2. The summed E-state index contributed by atoms with van der Waals surface area (Å²) < 4.78 is 0. The number of carbonyl (C=O) groups excluding carboxylic acids is 1. The quantitative estimate of drug-likeness (QED) is 0.923. The van der Waals surface area contributed by atoms with Gasteiger partial charge in [0.15, 0.2) is 0 Å². The second kappa shape index (κ2) is 9.30. The van der Waals surface area contributed by atoms with E-state index in [1.807, 2.05) is 44.8 Å². The van der Waals surface area contributed by atoms with Crippen LogP contribution in [0.15, 0.2) is 24.3 Å². The molecule has 0 aliphatic carbocycles. The van der Waals surface area contributed by atoms with E-state index in [1.165, 1.54) is 5.69 Å². The molecule has 1 aliphatic heterocycles. The number of hydrogen-bond donors (Lipinski definition) is 1. The van der Waals surface area contributed by atoms with Crippen molar-refractivity contribution < 1.29 is 4.79 Å². The SMILES string of the molecule is CC.CNc1ccc(N2CCN(C(=O)CN(C)C)CC2)cc1. The molecule has 1 aromatic rings. The smallest absolute Gasteiger partial charge is 0.236 e. The van der Waals surface area contributed by atoms with Crippen molar-refractivity contribution in [2.24, 2.45) is 0 Å². The zero-order valence-corrected chi connectivity index (χ0v) is 14.6. The zero-order chi connectivity index (χ0) is 16.5. The third kappa shape index (κ3) is 5.22. The van der Waals surface area contributed by atoms with E-state index >= 15 is 0 Å². The molecular formula is C17H30N4O. The molecule has 1 fully saturated rings. The van der Waals surface area contributed by atoms with E-state index in [9.17, 15) is 4.79 Å². The van der Waals surface area contributed by atoms with Crippen LogP contribution < -0.4 is 10.2 Å². The van der Waals surface area contributed by atoms with Crippen molar-refractivity contribution in [3.63, 3.8) is 0 Å². The van der Waals surface area contributed by atoms with Crippen LogP contribution in [0.25, 0.3) is 0 Å². The first-order valence-corrected chi connectivity index (χ1v) is 8.05. The summed E-state index contributed by atoms with van der Waals surface area (Å²) in [6.07, 6.45) is 0. The monoisotopic (exact) mass is 306 g/mol. The summed E-state index contributed by atoms with van der Waals surface area (Å²) in [7, 11) is 5.78. The van der Waals surface area contributed by atoms with Gasteiger partial charge in [0.2, 0.25) is 5.91 Å². The Balaban J connectivity index is 0.00000116. The number of amides is 1. The third-order valence-electron chi connectivity index (χ3n) is 3.60. The normalized spacial score (nSPS) is 14.5. The van der Waals surface area contributed by atoms with Gasteiger partial charge in [0.1, 0.15) is 0 Å². The summed E-state index contributed by atoms with van der Waals surface area (Å²) >= 11 is 0. The average Bonchev–Trinajstić information content (AvgIpc) is 2.56. The number of hydrogen-bond acceptors (Lipinski definition) is 4. The second-order valence-electron chi connectivity index (χ2n) is 5.40. The molecule has 0 radical (unpaired) electrons. The van der Waals surface area contributed by atoms with Gasteiger partial charge in [0.05, 0.1) is 6.54 Å². The lowest BCUT2D eigenvalue weighted by molar-refractivity contribution is -0.132. The molecule has 2 rings (SSSR count). The van der Waals surface area contributed by atoms with Crippen LogP contribution in [0.4, 0.5) is 11.4 Å². The molecular weight excluding hydrogens is 276 g/mol. The molecule has 1 saturated heterocycles. The van der Waals surface area contributed by atoms with Gasteiger partial charge in [-0.15, -0.1) is 0 Å². The standard InChI is InChI=1S/C15H24N4O.C2H6/c1-16-13-4-6-14(7-5-13)18-8-10-19(11-9-18)15(20)12-17(2)3;1-2/h4-7,16H,8-12H2,1-3H3;1-2H3. The lowest BCUT2D eigenvalue weighted by Crippen LogP contribution is -2.50. The van der Waals surface area contributed by atoms with Crippen LogP contribution in [0.3, 0.4) is 0 Å². The molecule has 5 nitrogen and oxygen atoms in total. The minimum atomic E-state index is 0.222. The van der Waals surface area contributed by atoms with E-state index in [0.29, 0.717) is 6.54 Å². The number of nitrogens with one attached hydrogen (secondary N) is 1. The zero-order valence-electron chi connectivity index (χ0n) is 14.6. The maximum absolute atomic E-state index is 12.0. The molecule has 1 amide bonds. The number of piperazine rings is 1. The van der Waals surface area contributed by atoms with Crippen molar-refractivity contribution in [3.05, 3.63) is 24.3 Å². The number of rotatable bonds is 4.